The van der Waals surface area contributed by atoms with E-state index in [1.54, 1.807) is 18.2 Å². The number of nitrogens with one attached hydrogen (secondary N) is 1. The van der Waals surface area contributed by atoms with E-state index in [1.165, 1.54) is 18.9 Å². The summed E-state index contributed by atoms with van der Waals surface area (Å²) in [7, 11) is 0. The fourth-order valence-electron chi connectivity index (χ4n) is 3.13. The van der Waals surface area contributed by atoms with Crippen molar-refractivity contribution in [3.63, 3.8) is 0 Å². The Balaban J connectivity index is 1.71. The molecule has 1 aliphatic heterocycles. The molecule has 26 heavy (non-hydrogen) atoms. The van der Waals surface area contributed by atoms with Gasteiger partial charge >= 0.3 is 0 Å². The van der Waals surface area contributed by atoms with E-state index in [2.05, 4.69) is 5.32 Å². The van der Waals surface area contributed by atoms with Crippen molar-refractivity contribution in [1.82, 2.24) is 4.90 Å². The molecule has 0 saturated carbocycles. The van der Waals surface area contributed by atoms with Crippen LogP contribution in [0.3, 0.4) is 0 Å². The monoisotopic (exact) mass is 348 g/mol. The van der Waals surface area contributed by atoms with Gasteiger partial charge in [0.05, 0.1) is 11.3 Å². The van der Waals surface area contributed by atoms with Gasteiger partial charge in [-0.25, -0.2) is 0 Å². The Hall–Kier alpha value is -2.88. The third kappa shape index (κ3) is 4.82. The molecule has 1 aliphatic rings. The van der Waals surface area contributed by atoms with Crippen LogP contribution in [0.1, 0.15) is 41.6 Å². The molecule has 0 atom stereocenters. The number of likely N-dealkylation sites (tertiary alicyclic amines) is 1. The van der Waals surface area contributed by atoms with Crippen LogP contribution < -0.4 is 5.32 Å². The lowest BCUT2D eigenvalue weighted by atomic mass is 10.1. The molecule has 1 fully saturated rings. The number of anilines is 1. The Bertz CT molecular complexity index is 776. The topological polar surface area (TPSA) is 49.4 Å². The van der Waals surface area contributed by atoms with E-state index in [4.69, 9.17) is 0 Å². The van der Waals surface area contributed by atoms with Crippen LogP contribution in [0.5, 0.6) is 0 Å². The van der Waals surface area contributed by atoms with E-state index in [-0.39, 0.29) is 11.8 Å². The summed E-state index contributed by atoms with van der Waals surface area (Å²) < 4.78 is 0. The zero-order chi connectivity index (χ0) is 18.2. The van der Waals surface area contributed by atoms with Gasteiger partial charge in [-0.2, -0.15) is 0 Å². The Kier molecular flexibility index (Phi) is 6.20. The summed E-state index contributed by atoms with van der Waals surface area (Å²) in [5, 5.41) is 2.84. The first-order valence-corrected chi connectivity index (χ1v) is 9.16. The van der Waals surface area contributed by atoms with Crippen molar-refractivity contribution >= 4 is 23.6 Å². The minimum Gasteiger partial charge on any atom is -0.339 e. The molecule has 3 rings (SSSR count). The predicted octanol–water partition coefficient (Wildman–Crippen LogP) is 4.35. The van der Waals surface area contributed by atoms with Crippen LogP contribution in [0.4, 0.5) is 5.69 Å². The molecule has 0 spiro atoms. The average molecular weight is 348 g/mol. The zero-order valence-electron chi connectivity index (χ0n) is 14.9. The van der Waals surface area contributed by atoms with Crippen molar-refractivity contribution in [3.8, 4) is 0 Å². The van der Waals surface area contributed by atoms with Crippen LogP contribution in [0, 0.1) is 0 Å². The first kappa shape index (κ1) is 17.9. The van der Waals surface area contributed by atoms with Crippen molar-refractivity contribution in [2.45, 2.75) is 25.7 Å². The summed E-state index contributed by atoms with van der Waals surface area (Å²) in [6, 6.07) is 16.9. The second-order valence-electron chi connectivity index (χ2n) is 6.49. The molecule has 0 aromatic heterocycles. The normalized spacial score (nSPS) is 14.8. The van der Waals surface area contributed by atoms with Crippen LogP contribution in [-0.2, 0) is 4.79 Å². The quantitative estimate of drug-likeness (QED) is 0.835. The molecule has 2 amide bonds. The lowest BCUT2D eigenvalue weighted by Gasteiger charge is -2.21. The second-order valence-corrected chi connectivity index (χ2v) is 6.49. The number of amides is 2. The summed E-state index contributed by atoms with van der Waals surface area (Å²) in [6.45, 7) is 1.57. The number of rotatable bonds is 4. The van der Waals surface area contributed by atoms with Gasteiger partial charge in [-0.15, -0.1) is 0 Å². The zero-order valence-corrected chi connectivity index (χ0v) is 14.9. The number of hydrogen-bond acceptors (Lipinski definition) is 2. The molecule has 4 nitrogen and oxygen atoms in total. The van der Waals surface area contributed by atoms with Gasteiger partial charge in [-0.1, -0.05) is 55.3 Å². The number of para-hydroxylation sites is 1. The van der Waals surface area contributed by atoms with Gasteiger partial charge in [0, 0.05) is 19.2 Å². The number of hydrogen-bond donors (Lipinski definition) is 1. The van der Waals surface area contributed by atoms with E-state index in [0.29, 0.717) is 11.3 Å². The highest BCUT2D eigenvalue weighted by molar-refractivity contribution is 6.07. The van der Waals surface area contributed by atoms with Crippen molar-refractivity contribution in [2.24, 2.45) is 0 Å². The highest BCUT2D eigenvalue weighted by Crippen LogP contribution is 2.20. The Labute approximate surface area is 154 Å². The third-order valence-corrected chi connectivity index (χ3v) is 4.54. The summed E-state index contributed by atoms with van der Waals surface area (Å²) in [4.78, 5) is 27.1. The first-order chi connectivity index (χ1) is 12.7. The van der Waals surface area contributed by atoms with Crippen molar-refractivity contribution in [2.75, 3.05) is 18.4 Å². The molecule has 1 N–H and O–H groups in total. The SMILES string of the molecule is O=C(/C=C\c1ccccc1)Nc1ccccc1C(=O)N1CCCCCC1. The highest BCUT2D eigenvalue weighted by atomic mass is 16.2. The molecule has 0 unspecified atom stereocenters. The van der Waals surface area contributed by atoms with E-state index < -0.39 is 0 Å². The predicted molar refractivity (Wildman–Crippen MR) is 105 cm³/mol. The van der Waals surface area contributed by atoms with E-state index in [1.807, 2.05) is 47.4 Å². The van der Waals surface area contributed by atoms with Crippen molar-refractivity contribution in [3.05, 3.63) is 71.8 Å². The molecular weight excluding hydrogens is 324 g/mol. The van der Waals surface area contributed by atoms with Crippen LogP contribution in [0.25, 0.3) is 6.08 Å². The van der Waals surface area contributed by atoms with Gasteiger partial charge in [0.2, 0.25) is 5.91 Å². The minimum atomic E-state index is -0.245. The number of nitrogens with zero attached hydrogens (tertiary/aromatic N) is 1. The maximum absolute atomic E-state index is 12.9. The molecule has 4 heteroatoms. The van der Waals surface area contributed by atoms with Gasteiger partial charge in [0.25, 0.3) is 5.91 Å². The lowest BCUT2D eigenvalue weighted by molar-refractivity contribution is -0.111. The van der Waals surface area contributed by atoms with Crippen molar-refractivity contribution < 1.29 is 9.59 Å². The molecule has 0 radical (unpaired) electrons. The highest BCUT2D eigenvalue weighted by Gasteiger charge is 2.20. The van der Waals surface area contributed by atoms with Crippen molar-refractivity contribution in [1.29, 1.82) is 0 Å². The number of carbonyl (C=O) groups is 2. The molecule has 0 bridgehead atoms. The molecule has 2 aromatic rings. The molecular formula is C22H24N2O2. The average Bonchev–Trinajstić information content (AvgIpc) is 2.97. The number of benzene rings is 2. The Morgan fingerprint density at radius 3 is 2.23 bits per heavy atom. The summed E-state index contributed by atoms with van der Waals surface area (Å²) >= 11 is 0. The molecule has 2 aromatic carbocycles. The van der Waals surface area contributed by atoms with Gasteiger partial charge in [-0.3, -0.25) is 9.59 Å². The number of carbonyl (C=O) groups excluding carboxylic acids is 2. The van der Waals surface area contributed by atoms with E-state index in [0.717, 1.165) is 31.5 Å². The van der Waals surface area contributed by atoms with Gasteiger partial charge in [0.15, 0.2) is 0 Å². The van der Waals surface area contributed by atoms with Crippen LogP contribution in [0.15, 0.2) is 60.7 Å². The standard InChI is InChI=1S/C22H24N2O2/c25-21(15-14-18-10-4-3-5-11-18)23-20-13-7-6-12-19(20)22(26)24-16-8-1-2-9-17-24/h3-7,10-15H,1-2,8-9,16-17H2,(H,23,25)/b15-14-. The Morgan fingerprint density at radius 2 is 1.50 bits per heavy atom. The minimum absolute atomic E-state index is 0.00478. The Morgan fingerprint density at radius 1 is 0.846 bits per heavy atom. The maximum Gasteiger partial charge on any atom is 0.255 e. The van der Waals surface area contributed by atoms with Crippen LogP contribution >= 0.6 is 0 Å². The summed E-state index contributed by atoms with van der Waals surface area (Å²) in [5.74, 6) is -0.250. The fourth-order valence-corrected chi connectivity index (χ4v) is 3.13. The fraction of sp³-hybridized carbons (Fsp3) is 0.273. The van der Waals surface area contributed by atoms with E-state index in [9.17, 15) is 9.59 Å². The van der Waals surface area contributed by atoms with E-state index >= 15 is 0 Å². The second kappa shape index (κ2) is 8.99. The van der Waals surface area contributed by atoms with Gasteiger partial charge < -0.3 is 10.2 Å². The lowest BCUT2D eigenvalue weighted by Crippen LogP contribution is -2.32. The van der Waals surface area contributed by atoms with Crippen LogP contribution in [-0.4, -0.2) is 29.8 Å². The third-order valence-electron chi connectivity index (χ3n) is 4.54. The molecule has 1 heterocycles. The molecule has 1 saturated heterocycles. The molecule has 0 aliphatic carbocycles. The largest absolute Gasteiger partial charge is 0.339 e. The first-order valence-electron chi connectivity index (χ1n) is 9.16. The maximum atomic E-state index is 12.9. The van der Waals surface area contributed by atoms with Crippen LogP contribution in [0.2, 0.25) is 0 Å². The summed E-state index contributed by atoms with van der Waals surface area (Å²) in [6.07, 6.45) is 7.68. The molecule has 134 valence electrons. The van der Waals surface area contributed by atoms with Gasteiger partial charge in [0.1, 0.15) is 0 Å². The van der Waals surface area contributed by atoms with Gasteiger partial charge in [-0.05, 0) is 36.6 Å². The summed E-state index contributed by atoms with van der Waals surface area (Å²) in [5.41, 5.74) is 2.07. The smallest absolute Gasteiger partial charge is 0.255 e.